The molecule has 0 aromatic rings. The number of hydrogen-bond donors (Lipinski definition) is 2. The molecule has 1 atom stereocenters. The summed E-state index contributed by atoms with van der Waals surface area (Å²) in [6, 6.07) is -0.402. The van der Waals surface area contributed by atoms with Crippen molar-refractivity contribution in [1.29, 1.82) is 0 Å². The average molecular weight is 212 g/mol. The fourth-order valence-corrected chi connectivity index (χ4v) is 0.892. The SMILES string of the molecule is CCCCC(N)CNC(=O)C(F)(F)F. The van der Waals surface area contributed by atoms with Gasteiger partial charge in [0, 0.05) is 12.6 Å². The third kappa shape index (κ3) is 5.80. The number of hydrogen-bond acceptors (Lipinski definition) is 2. The minimum absolute atomic E-state index is 0.127. The van der Waals surface area contributed by atoms with E-state index in [1.54, 1.807) is 5.32 Å². The van der Waals surface area contributed by atoms with Gasteiger partial charge in [0.25, 0.3) is 0 Å². The molecule has 1 unspecified atom stereocenters. The van der Waals surface area contributed by atoms with Crippen LogP contribution >= 0.6 is 0 Å². The van der Waals surface area contributed by atoms with Gasteiger partial charge in [0.15, 0.2) is 0 Å². The Kier molecular flexibility index (Phi) is 5.52. The van der Waals surface area contributed by atoms with Crippen LogP contribution in [0.3, 0.4) is 0 Å². The molecule has 0 fully saturated rings. The Bertz CT molecular complexity index is 182. The second kappa shape index (κ2) is 5.85. The standard InChI is InChI=1S/C8H15F3N2O/c1-2-3-4-6(12)5-13-7(14)8(9,10)11/h6H,2-5,12H2,1H3,(H,13,14). The summed E-state index contributed by atoms with van der Waals surface area (Å²) in [5.41, 5.74) is 5.47. The van der Waals surface area contributed by atoms with Crippen LogP contribution < -0.4 is 11.1 Å². The van der Waals surface area contributed by atoms with Gasteiger partial charge in [-0.3, -0.25) is 4.79 Å². The summed E-state index contributed by atoms with van der Waals surface area (Å²) in [5.74, 6) is -1.93. The maximum absolute atomic E-state index is 11.7. The van der Waals surface area contributed by atoms with Crippen molar-refractivity contribution in [3.8, 4) is 0 Å². The van der Waals surface area contributed by atoms with E-state index < -0.39 is 18.1 Å². The van der Waals surface area contributed by atoms with E-state index in [4.69, 9.17) is 5.73 Å². The lowest BCUT2D eigenvalue weighted by atomic mass is 10.1. The minimum atomic E-state index is -4.82. The number of carbonyl (C=O) groups is 1. The summed E-state index contributed by atoms with van der Waals surface area (Å²) in [6.07, 6.45) is -2.41. The molecule has 0 aromatic carbocycles. The number of carbonyl (C=O) groups excluding carboxylic acids is 1. The summed E-state index contributed by atoms with van der Waals surface area (Å²) >= 11 is 0. The third-order valence-electron chi connectivity index (χ3n) is 1.71. The van der Waals surface area contributed by atoms with Gasteiger partial charge in [-0.1, -0.05) is 19.8 Å². The number of nitrogens with two attached hydrogens (primary N) is 1. The van der Waals surface area contributed by atoms with Crippen molar-refractivity contribution in [3.63, 3.8) is 0 Å². The second-order valence-electron chi connectivity index (χ2n) is 3.11. The summed E-state index contributed by atoms with van der Waals surface area (Å²) in [7, 11) is 0. The fourth-order valence-electron chi connectivity index (χ4n) is 0.892. The minimum Gasteiger partial charge on any atom is -0.347 e. The van der Waals surface area contributed by atoms with E-state index in [-0.39, 0.29) is 6.54 Å². The molecule has 0 aliphatic carbocycles. The van der Waals surface area contributed by atoms with E-state index >= 15 is 0 Å². The highest BCUT2D eigenvalue weighted by Crippen LogP contribution is 2.13. The molecule has 0 spiro atoms. The smallest absolute Gasteiger partial charge is 0.347 e. The summed E-state index contributed by atoms with van der Waals surface area (Å²) in [6.45, 7) is 1.83. The van der Waals surface area contributed by atoms with E-state index in [0.717, 1.165) is 12.8 Å². The van der Waals surface area contributed by atoms with Gasteiger partial charge < -0.3 is 11.1 Å². The number of alkyl halides is 3. The normalized spacial score (nSPS) is 13.8. The van der Waals surface area contributed by atoms with Gasteiger partial charge >= 0.3 is 12.1 Å². The number of nitrogens with one attached hydrogen (secondary N) is 1. The molecule has 14 heavy (non-hydrogen) atoms. The zero-order valence-corrected chi connectivity index (χ0v) is 8.03. The van der Waals surface area contributed by atoms with Crippen molar-refractivity contribution in [2.45, 2.75) is 38.4 Å². The van der Waals surface area contributed by atoms with Crippen molar-refractivity contribution >= 4 is 5.91 Å². The molecule has 3 nitrogen and oxygen atoms in total. The van der Waals surface area contributed by atoms with Gasteiger partial charge in [0.1, 0.15) is 0 Å². The first-order valence-electron chi connectivity index (χ1n) is 4.48. The molecule has 3 N–H and O–H groups in total. The van der Waals surface area contributed by atoms with Gasteiger partial charge in [-0.15, -0.1) is 0 Å². The molecule has 0 aliphatic heterocycles. The third-order valence-corrected chi connectivity index (χ3v) is 1.71. The van der Waals surface area contributed by atoms with Crippen LogP contribution in [-0.4, -0.2) is 24.7 Å². The Labute approximate surface area is 80.8 Å². The van der Waals surface area contributed by atoms with Gasteiger partial charge in [0.05, 0.1) is 0 Å². The predicted octanol–water partition coefficient (Wildman–Crippen LogP) is 1.18. The lowest BCUT2D eigenvalue weighted by molar-refractivity contribution is -0.173. The zero-order chi connectivity index (χ0) is 11.2. The second-order valence-corrected chi connectivity index (χ2v) is 3.11. The molecule has 1 amide bonds. The lowest BCUT2D eigenvalue weighted by Crippen LogP contribution is -2.43. The molecule has 0 radical (unpaired) electrons. The summed E-state index contributed by atoms with van der Waals surface area (Å²) in [4.78, 5) is 10.4. The van der Waals surface area contributed by atoms with Crippen LogP contribution in [0.2, 0.25) is 0 Å². The van der Waals surface area contributed by atoms with Crippen LogP contribution in [-0.2, 0) is 4.79 Å². The highest BCUT2D eigenvalue weighted by Gasteiger charge is 2.38. The molecule has 0 bridgehead atoms. The van der Waals surface area contributed by atoms with E-state index in [1.807, 2.05) is 6.92 Å². The highest BCUT2D eigenvalue weighted by atomic mass is 19.4. The van der Waals surface area contributed by atoms with Crippen LogP contribution in [0.5, 0.6) is 0 Å². The Morgan fingerprint density at radius 2 is 2.07 bits per heavy atom. The summed E-state index contributed by atoms with van der Waals surface area (Å²) in [5, 5.41) is 1.74. The first-order chi connectivity index (χ1) is 6.38. The van der Waals surface area contributed by atoms with Crippen LogP contribution in [0.15, 0.2) is 0 Å². The molecule has 0 aliphatic rings. The quantitative estimate of drug-likeness (QED) is 0.719. The van der Waals surface area contributed by atoms with Crippen LogP contribution in [0.25, 0.3) is 0 Å². The van der Waals surface area contributed by atoms with Gasteiger partial charge in [-0.2, -0.15) is 13.2 Å². The lowest BCUT2D eigenvalue weighted by Gasteiger charge is -2.13. The fraction of sp³-hybridized carbons (Fsp3) is 0.875. The first kappa shape index (κ1) is 13.2. The monoisotopic (exact) mass is 212 g/mol. The van der Waals surface area contributed by atoms with Gasteiger partial charge in [0.2, 0.25) is 0 Å². The van der Waals surface area contributed by atoms with E-state index in [1.165, 1.54) is 0 Å². The maximum atomic E-state index is 11.7. The number of unbranched alkanes of at least 4 members (excludes halogenated alkanes) is 1. The van der Waals surface area contributed by atoms with Crippen LogP contribution in [0.1, 0.15) is 26.2 Å². The van der Waals surface area contributed by atoms with Gasteiger partial charge in [-0.25, -0.2) is 0 Å². The number of rotatable bonds is 5. The van der Waals surface area contributed by atoms with E-state index in [9.17, 15) is 18.0 Å². The molecule has 6 heteroatoms. The molecule has 84 valence electrons. The highest BCUT2D eigenvalue weighted by molar-refractivity contribution is 5.81. The van der Waals surface area contributed by atoms with Crippen molar-refractivity contribution in [3.05, 3.63) is 0 Å². The Morgan fingerprint density at radius 1 is 1.50 bits per heavy atom. The van der Waals surface area contributed by atoms with Crippen molar-refractivity contribution in [1.82, 2.24) is 5.32 Å². The first-order valence-corrected chi connectivity index (χ1v) is 4.48. The van der Waals surface area contributed by atoms with Crippen molar-refractivity contribution in [2.24, 2.45) is 5.73 Å². The Balaban J connectivity index is 3.67. The van der Waals surface area contributed by atoms with Crippen LogP contribution in [0, 0.1) is 0 Å². The summed E-state index contributed by atoms with van der Waals surface area (Å²) < 4.78 is 35.1. The number of amides is 1. The molecule has 0 heterocycles. The molecular formula is C8H15F3N2O. The van der Waals surface area contributed by atoms with Crippen molar-refractivity contribution < 1.29 is 18.0 Å². The molecule has 0 saturated carbocycles. The maximum Gasteiger partial charge on any atom is 0.471 e. The zero-order valence-electron chi connectivity index (χ0n) is 8.03. The molecule has 0 rings (SSSR count). The average Bonchev–Trinajstić information content (AvgIpc) is 2.09. The Morgan fingerprint density at radius 3 is 2.50 bits per heavy atom. The van der Waals surface area contributed by atoms with Crippen LogP contribution in [0.4, 0.5) is 13.2 Å². The topological polar surface area (TPSA) is 55.1 Å². The predicted molar refractivity (Wildman–Crippen MR) is 46.6 cm³/mol. The van der Waals surface area contributed by atoms with E-state index in [2.05, 4.69) is 0 Å². The number of halogens is 3. The van der Waals surface area contributed by atoms with E-state index in [0.29, 0.717) is 6.42 Å². The molecule has 0 aromatic heterocycles. The largest absolute Gasteiger partial charge is 0.471 e. The Hall–Kier alpha value is -0.780. The van der Waals surface area contributed by atoms with Crippen molar-refractivity contribution in [2.75, 3.05) is 6.54 Å². The molecule has 0 saturated heterocycles. The molecular weight excluding hydrogens is 197 g/mol. The van der Waals surface area contributed by atoms with Gasteiger partial charge in [-0.05, 0) is 6.42 Å².